The minimum Gasteiger partial charge on any atom is -0.484 e. The number of carbonyl (C=O) groups is 2. The highest BCUT2D eigenvalue weighted by molar-refractivity contribution is 5.97. The average molecular weight is 343 g/mol. The molecule has 0 bridgehead atoms. The molecule has 1 saturated heterocycles. The molecule has 7 nitrogen and oxygen atoms in total. The van der Waals surface area contributed by atoms with E-state index in [1.54, 1.807) is 17.9 Å². The number of likely N-dealkylation sites (tertiary alicyclic amines) is 1. The summed E-state index contributed by atoms with van der Waals surface area (Å²) in [5, 5.41) is 6.44. The van der Waals surface area contributed by atoms with Crippen LogP contribution >= 0.6 is 0 Å². The lowest BCUT2D eigenvalue weighted by atomic mass is 10.2. The van der Waals surface area contributed by atoms with E-state index < -0.39 is 6.04 Å². The monoisotopic (exact) mass is 343 g/mol. The molecule has 0 spiro atoms. The third kappa shape index (κ3) is 4.17. The van der Waals surface area contributed by atoms with Gasteiger partial charge in [-0.2, -0.15) is 0 Å². The van der Waals surface area contributed by atoms with Crippen molar-refractivity contribution in [3.8, 4) is 5.75 Å². The van der Waals surface area contributed by atoms with Crippen molar-refractivity contribution in [2.75, 3.05) is 18.5 Å². The Labute approximate surface area is 145 Å². The maximum absolute atomic E-state index is 12.4. The molecule has 1 N–H and O–H groups in total. The molecular weight excluding hydrogens is 322 g/mol. The molecule has 1 aliphatic rings. The quantitative estimate of drug-likeness (QED) is 0.900. The summed E-state index contributed by atoms with van der Waals surface area (Å²) in [6.45, 7) is 4.19. The number of aromatic nitrogens is 1. The van der Waals surface area contributed by atoms with Crippen molar-refractivity contribution in [2.24, 2.45) is 0 Å². The van der Waals surface area contributed by atoms with Gasteiger partial charge in [0.25, 0.3) is 5.91 Å². The summed E-state index contributed by atoms with van der Waals surface area (Å²) in [6.07, 6.45) is 1.41. The highest BCUT2D eigenvalue weighted by Gasteiger charge is 2.34. The summed E-state index contributed by atoms with van der Waals surface area (Å²) in [5.41, 5.74) is 1.12. The van der Waals surface area contributed by atoms with E-state index in [2.05, 4.69) is 10.5 Å². The molecule has 2 heterocycles. The van der Waals surface area contributed by atoms with E-state index >= 15 is 0 Å². The number of hydrogen-bond acceptors (Lipinski definition) is 5. The summed E-state index contributed by atoms with van der Waals surface area (Å²) < 4.78 is 10.5. The van der Waals surface area contributed by atoms with Gasteiger partial charge in [-0.15, -0.1) is 0 Å². The molecule has 1 atom stereocenters. The Morgan fingerprint density at radius 1 is 1.32 bits per heavy atom. The summed E-state index contributed by atoms with van der Waals surface area (Å²) >= 11 is 0. The van der Waals surface area contributed by atoms with E-state index in [-0.39, 0.29) is 18.4 Å². The Hall–Kier alpha value is -2.83. The second kappa shape index (κ2) is 7.38. The molecule has 25 heavy (non-hydrogen) atoms. The first-order chi connectivity index (χ1) is 12.0. The summed E-state index contributed by atoms with van der Waals surface area (Å²) in [4.78, 5) is 26.4. The number of carbonyl (C=O) groups excluding carboxylic acids is 2. The maximum atomic E-state index is 12.4. The van der Waals surface area contributed by atoms with Crippen molar-refractivity contribution in [1.29, 1.82) is 0 Å². The van der Waals surface area contributed by atoms with Gasteiger partial charge in [-0.25, -0.2) is 0 Å². The van der Waals surface area contributed by atoms with E-state index in [1.165, 1.54) is 0 Å². The first kappa shape index (κ1) is 17.0. The summed E-state index contributed by atoms with van der Waals surface area (Å²) in [6, 6.07) is 8.62. The third-order valence-corrected chi connectivity index (χ3v) is 4.14. The Balaban J connectivity index is 1.57. The predicted octanol–water partition coefficient (Wildman–Crippen LogP) is 2.30. The van der Waals surface area contributed by atoms with Crippen molar-refractivity contribution in [3.05, 3.63) is 41.7 Å². The third-order valence-electron chi connectivity index (χ3n) is 4.14. The molecule has 2 aromatic rings. The molecule has 2 amide bonds. The molecule has 1 aromatic heterocycles. The minimum absolute atomic E-state index is 0.0874. The van der Waals surface area contributed by atoms with Crippen molar-refractivity contribution in [1.82, 2.24) is 10.1 Å². The molecule has 1 aliphatic heterocycles. The zero-order chi connectivity index (χ0) is 17.8. The largest absolute Gasteiger partial charge is 0.484 e. The first-order valence-corrected chi connectivity index (χ1v) is 8.26. The topological polar surface area (TPSA) is 84.7 Å². The van der Waals surface area contributed by atoms with Gasteiger partial charge in [0.05, 0.1) is 0 Å². The van der Waals surface area contributed by atoms with Gasteiger partial charge in [0.2, 0.25) is 5.91 Å². The highest BCUT2D eigenvalue weighted by Crippen LogP contribution is 2.20. The van der Waals surface area contributed by atoms with E-state index in [1.807, 2.05) is 31.2 Å². The molecule has 132 valence electrons. The van der Waals surface area contributed by atoms with Crippen molar-refractivity contribution in [3.63, 3.8) is 0 Å². The average Bonchev–Trinajstić information content (AvgIpc) is 3.23. The van der Waals surface area contributed by atoms with Crippen LogP contribution in [0.25, 0.3) is 0 Å². The molecule has 0 aliphatic carbocycles. The zero-order valence-electron chi connectivity index (χ0n) is 14.3. The lowest BCUT2D eigenvalue weighted by molar-refractivity contribution is -0.138. The van der Waals surface area contributed by atoms with Crippen molar-refractivity contribution in [2.45, 2.75) is 32.7 Å². The van der Waals surface area contributed by atoms with Crippen LogP contribution in [0.3, 0.4) is 0 Å². The van der Waals surface area contributed by atoms with Gasteiger partial charge >= 0.3 is 0 Å². The van der Waals surface area contributed by atoms with Crippen LogP contribution in [-0.4, -0.2) is 41.1 Å². The van der Waals surface area contributed by atoms with Crippen LogP contribution in [0.15, 0.2) is 34.9 Å². The zero-order valence-corrected chi connectivity index (χ0v) is 14.3. The number of nitrogens with one attached hydrogen (secondary N) is 1. The number of hydrogen-bond donors (Lipinski definition) is 1. The second-order valence-corrected chi connectivity index (χ2v) is 6.16. The second-order valence-electron chi connectivity index (χ2n) is 6.16. The normalized spacial score (nSPS) is 16.7. The van der Waals surface area contributed by atoms with Crippen LogP contribution in [0.2, 0.25) is 0 Å². The number of nitrogens with zero attached hydrogens (tertiary/aromatic N) is 2. The van der Waals surface area contributed by atoms with E-state index in [0.717, 1.165) is 12.0 Å². The standard InChI is InChI=1S/C18H21N3O4/c1-12-5-7-14(8-6-12)24-11-17(22)21-9-3-4-15(21)18(23)19-16-10-13(2)25-20-16/h5-8,10,15H,3-4,9,11H2,1-2H3,(H,19,20,23)/t15-/m0/s1. The van der Waals surface area contributed by atoms with Gasteiger partial charge < -0.3 is 19.5 Å². The molecule has 0 saturated carbocycles. The fraction of sp³-hybridized carbons (Fsp3) is 0.389. The number of amides is 2. The van der Waals surface area contributed by atoms with Gasteiger partial charge in [0.1, 0.15) is 17.6 Å². The molecule has 0 radical (unpaired) electrons. The van der Waals surface area contributed by atoms with Crippen LogP contribution in [0.1, 0.15) is 24.2 Å². The Morgan fingerprint density at radius 2 is 2.08 bits per heavy atom. The smallest absolute Gasteiger partial charge is 0.261 e. The molecule has 0 unspecified atom stereocenters. The Bertz CT molecular complexity index is 754. The van der Waals surface area contributed by atoms with E-state index in [9.17, 15) is 9.59 Å². The number of benzene rings is 1. The van der Waals surface area contributed by atoms with Crippen LogP contribution in [0.4, 0.5) is 5.82 Å². The van der Waals surface area contributed by atoms with Crippen molar-refractivity contribution < 1.29 is 18.8 Å². The van der Waals surface area contributed by atoms with Gasteiger partial charge in [-0.3, -0.25) is 9.59 Å². The molecular formula is C18H21N3O4. The Kier molecular flexibility index (Phi) is 5.02. The van der Waals surface area contributed by atoms with Crippen LogP contribution < -0.4 is 10.1 Å². The molecule has 1 aromatic carbocycles. The lowest BCUT2D eigenvalue weighted by Crippen LogP contribution is -2.45. The Morgan fingerprint density at radius 3 is 2.76 bits per heavy atom. The summed E-state index contributed by atoms with van der Waals surface area (Å²) in [7, 11) is 0. The lowest BCUT2D eigenvalue weighted by Gasteiger charge is -2.23. The molecule has 7 heteroatoms. The fourth-order valence-corrected chi connectivity index (χ4v) is 2.84. The van der Waals surface area contributed by atoms with Gasteiger partial charge in [-0.1, -0.05) is 22.9 Å². The predicted molar refractivity (Wildman–Crippen MR) is 91.3 cm³/mol. The van der Waals surface area contributed by atoms with Gasteiger partial charge in [0, 0.05) is 12.6 Å². The van der Waals surface area contributed by atoms with Crippen molar-refractivity contribution >= 4 is 17.6 Å². The first-order valence-electron chi connectivity index (χ1n) is 8.26. The fourth-order valence-electron chi connectivity index (χ4n) is 2.84. The van der Waals surface area contributed by atoms with Crippen LogP contribution in [0.5, 0.6) is 5.75 Å². The molecule has 3 rings (SSSR count). The highest BCUT2D eigenvalue weighted by atomic mass is 16.5. The number of anilines is 1. The van der Waals surface area contributed by atoms with Gasteiger partial charge in [0.15, 0.2) is 12.4 Å². The maximum Gasteiger partial charge on any atom is 0.261 e. The van der Waals surface area contributed by atoms with E-state index in [4.69, 9.17) is 9.26 Å². The van der Waals surface area contributed by atoms with E-state index in [0.29, 0.717) is 30.3 Å². The number of aryl methyl sites for hydroxylation is 2. The summed E-state index contributed by atoms with van der Waals surface area (Å²) in [5.74, 6) is 1.15. The molecule has 1 fully saturated rings. The minimum atomic E-state index is -0.508. The van der Waals surface area contributed by atoms with Crippen LogP contribution in [0, 0.1) is 13.8 Å². The number of ether oxygens (including phenoxy) is 1. The van der Waals surface area contributed by atoms with Crippen LogP contribution in [-0.2, 0) is 9.59 Å². The van der Waals surface area contributed by atoms with Gasteiger partial charge in [-0.05, 0) is 38.8 Å². The SMILES string of the molecule is Cc1ccc(OCC(=O)N2CCC[C@H]2C(=O)Nc2cc(C)on2)cc1. The number of rotatable bonds is 5.